The predicted molar refractivity (Wildman–Crippen MR) is 111 cm³/mol. The number of hydrogen-bond donors (Lipinski definition) is 0. The van der Waals surface area contributed by atoms with Gasteiger partial charge in [0, 0.05) is 19.2 Å². The van der Waals surface area contributed by atoms with E-state index in [1.54, 1.807) is 23.7 Å². The van der Waals surface area contributed by atoms with E-state index < -0.39 is 0 Å². The molecule has 3 aromatic rings. The van der Waals surface area contributed by atoms with Gasteiger partial charge in [0.25, 0.3) is 5.91 Å². The number of nitrogens with zero attached hydrogens (tertiary/aromatic N) is 3. The van der Waals surface area contributed by atoms with Gasteiger partial charge in [0.05, 0.1) is 19.3 Å². The summed E-state index contributed by atoms with van der Waals surface area (Å²) in [5, 5.41) is 4.30. The molecule has 0 fully saturated rings. The quantitative estimate of drug-likeness (QED) is 0.682. The van der Waals surface area contributed by atoms with Crippen LogP contribution in [0.1, 0.15) is 27.3 Å². The van der Waals surface area contributed by atoms with Crippen LogP contribution in [0.25, 0.3) is 11.1 Å². The molecule has 2 aromatic carbocycles. The van der Waals surface area contributed by atoms with Crippen molar-refractivity contribution in [3.63, 3.8) is 0 Å². The number of aryl methyl sites for hydroxylation is 3. The first-order valence-electron chi connectivity index (χ1n) is 9.67. The second-order valence-electron chi connectivity index (χ2n) is 7.40. The lowest BCUT2D eigenvalue weighted by Gasteiger charge is -2.20. The zero-order chi connectivity index (χ0) is 20.5. The van der Waals surface area contributed by atoms with Crippen LogP contribution in [0.3, 0.4) is 0 Å². The minimum Gasteiger partial charge on any atom is -0.493 e. The van der Waals surface area contributed by atoms with E-state index in [-0.39, 0.29) is 5.91 Å². The van der Waals surface area contributed by atoms with Crippen LogP contribution in [-0.4, -0.2) is 40.8 Å². The van der Waals surface area contributed by atoms with Gasteiger partial charge in [0.15, 0.2) is 11.5 Å². The average Bonchev–Trinajstić information content (AvgIpc) is 2.91. The molecule has 6 heteroatoms. The van der Waals surface area contributed by atoms with Gasteiger partial charge in [-0.15, -0.1) is 0 Å². The highest BCUT2D eigenvalue weighted by molar-refractivity contribution is 5.92. The van der Waals surface area contributed by atoms with Gasteiger partial charge in [0.2, 0.25) is 0 Å². The molecule has 0 N–H and O–H groups in total. The molecule has 0 saturated carbocycles. The third-order valence-electron chi connectivity index (χ3n) is 5.21. The molecular weight excluding hydrogens is 366 g/mol. The van der Waals surface area contributed by atoms with Gasteiger partial charge in [-0.2, -0.15) is 5.10 Å². The monoisotopic (exact) mass is 391 g/mol. The van der Waals surface area contributed by atoms with E-state index in [1.165, 1.54) is 5.56 Å². The molecule has 2 heterocycles. The second kappa shape index (κ2) is 7.62. The molecular formula is C23H25N3O3. The second-order valence-corrected chi connectivity index (χ2v) is 7.40. The van der Waals surface area contributed by atoms with E-state index in [9.17, 15) is 4.79 Å². The number of hydrogen-bond acceptors (Lipinski definition) is 4. The largest absolute Gasteiger partial charge is 0.493 e. The van der Waals surface area contributed by atoms with Crippen LogP contribution < -0.4 is 9.47 Å². The van der Waals surface area contributed by atoms with Crippen LogP contribution in [0, 0.1) is 13.8 Å². The van der Waals surface area contributed by atoms with Crippen molar-refractivity contribution in [1.29, 1.82) is 0 Å². The van der Waals surface area contributed by atoms with Crippen molar-refractivity contribution >= 4 is 5.91 Å². The number of ether oxygens (including phenoxy) is 2. The van der Waals surface area contributed by atoms with Gasteiger partial charge in [0.1, 0.15) is 12.3 Å². The van der Waals surface area contributed by atoms with Crippen molar-refractivity contribution in [3.05, 3.63) is 65.0 Å². The Labute approximate surface area is 170 Å². The van der Waals surface area contributed by atoms with Gasteiger partial charge in [-0.1, -0.05) is 29.8 Å². The fourth-order valence-corrected chi connectivity index (χ4v) is 3.69. The number of fused-ring (bicyclic) bond motifs is 1. The van der Waals surface area contributed by atoms with Crippen LogP contribution in [0.4, 0.5) is 0 Å². The molecule has 0 bridgehead atoms. The van der Waals surface area contributed by atoms with Crippen molar-refractivity contribution in [1.82, 2.24) is 14.7 Å². The molecule has 0 atom stereocenters. The zero-order valence-corrected chi connectivity index (χ0v) is 17.2. The maximum absolute atomic E-state index is 13.1. The molecule has 1 aliphatic rings. The summed E-state index contributed by atoms with van der Waals surface area (Å²) in [4.78, 5) is 14.9. The first-order chi connectivity index (χ1) is 14.0. The molecule has 0 unspecified atom stereocenters. The van der Waals surface area contributed by atoms with Gasteiger partial charge in [-0.05, 0) is 43.2 Å². The normalized spacial score (nSPS) is 13.4. The smallest absolute Gasteiger partial charge is 0.272 e. The highest BCUT2D eigenvalue weighted by atomic mass is 16.5. The Kier molecular flexibility index (Phi) is 5.01. The number of benzene rings is 2. The average molecular weight is 391 g/mol. The van der Waals surface area contributed by atoms with Crippen molar-refractivity contribution in [3.8, 4) is 22.6 Å². The van der Waals surface area contributed by atoms with Gasteiger partial charge in [-0.25, -0.2) is 0 Å². The first-order valence-corrected chi connectivity index (χ1v) is 9.67. The molecule has 1 aromatic heterocycles. The molecule has 150 valence electrons. The van der Waals surface area contributed by atoms with Crippen molar-refractivity contribution in [2.75, 3.05) is 20.3 Å². The van der Waals surface area contributed by atoms with E-state index in [4.69, 9.17) is 9.47 Å². The Morgan fingerprint density at radius 1 is 1.10 bits per heavy atom. The summed E-state index contributed by atoms with van der Waals surface area (Å²) < 4.78 is 13.2. The third kappa shape index (κ3) is 3.70. The standard InChI is InChI=1S/C23H25N3O3/c1-15-5-7-17(8-6-15)18-12-19-14-26(9-10-29-22(19)21(13-18)28-4)23(27)20-11-16(2)24-25(20)3/h5-8,11-13H,9-10,14H2,1-4H3. The Morgan fingerprint density at radius 2 is 1.86 bits per heavy atom. The molecule has 0 spiro atoms. The SMILES string of the molecule is COc1cc(-c2ccc(C)cc2)cc2c1OCCN(C(=O)c1cc(C)nn1C)C2. The molecule has 1 amide bonds. The zero-order valence-electron chi connectivity index (χ0n) is 17.2. The summed E-state index contributed by atoms with van der Waals surface area (Å²) in [5.74, 6) is 1.34. The molecule has 4 rings (SSSR count). The molecule has 6 nitrogen and oxygen atoms in total. The van der Waals surface area contributed by atoms with E-state index in [1.807, 2.05) is 19.1 Å². The summed E-state index contributed by atoms with van der Waals surface area (Å²) in [6, 6.07) is 14.3. The number of methoxy groups -OCH3 is 1. The van der Waals surface area contributed by atoms with Crippen molar-refractivity contribution in [2.45, 2.75) is 20.4 Å². The number of carbonyl (C=O) groups excluding carboxylic acids is 1. The van der Waals surface area contributed by atoms with E-state index in [0.717, 1.165) is 22.4 Å². The fourth-order valence-electron chi connectivity index (χ4n) is 3.69. The summed E-state index contributed by atoms with van der Waals surface area (Å²) in [6.45, 7) is 5.32. The molecule has 1 aliphatic heterocycles. The summed E-state index contributed by atoms with van der Waals surface area (Å²) in [6.07, 6.45) is 0. The molecule has 0 aliphatic carbocycles. The lowest BCUT2D eigenvalue weighted by molar-refractivity contribution is 0.0722. The van der Waals surface area contributed by atoms with Crippen LogP contribution in [-0.2, 0) is 13.6 Å². The Hall–Kier alpha value is -3.28. The Bertz CT molecular complexity index is 1050. The van der Waals surface area contributed by atoms with Crippen LogP contribution in [0.15, 0.2) is 42.5 Å². The Morgan fingerprint density at radius 3 is 2.52 bits per heavy atom. The minimum atomic E-state index is -0.0516. The predicted octanol–water partition coefficient (Wildman–Crippen LogP) is 3.75. The molecule has 0 saturated heterocycles. The van der Waals surface area contributed by atoms with Crippen LogP contribution in [0.5, 0.6) is 11.5 Å². The maximum Gasteiger partial charge on any atom is 0.272 e. The van der Waals surface area contributed by atoms with Crippen LogP contribution in [0.2, 0.25) is 0 Å². The highest BCUT2D eigenvalue weighted by Crippen LogP contribution is 2.38. The summed E-state index contributed by atoms with van der Waals surface area (Å²) in [7, 11) is 3.44. The highest BCUT2D eigenvalue weighted by Gasteiger charge is 2.26. The fraction of sp³-hybridized carbons (Fsp3) is 0.304. The maximum atomic E-state index is 13.1. The van der Waals surface area contributed by atoms with Crippen LogP contribution >= 0.6 is 0 Å². The summed E-state index contributed by atoms with van der Waals surface area (Å²) >= 11 is 0. The first kappa shape index (κ1) is 19.1. The van der Waals surface area contributed by atoms with E-state index >= 15 is 0 Å². The number of amides is 1. The van der Waals surface area contributed by atoms with Gasteiger partial charge in [-0.3, -0.25) is 9.48 Å². The number of aromatic nitrogens is 2. The van der Waals surface area contributed by atoms with Crippen molar-refractivity contribution < 1.29 is 14.3 Å². The third-order valence-corrected chi connectivity index (χ3v) is 5.21. The lowest BCUT2D eigenvalue weighted by atomic mass is 10.0. The molecule has 29 heavy (non-hydrogen) atoms. The number of carbonyl (C=O) groups is 1. The lowest BCUT2D eigenvalue weighted by Crippen LogP contribution is -2.33. The van der Waals surface area contributed by atoms with Crippen molar-refractivity contribution in [2.24, 2.45) is 7.05 Å². The minimum absolute atomic E-state index is 0.0516. The summed E-state index contributed by atoms with van der Waals surface area (Å²) in [5.41, 5.74) is 5.68. The van der Waals surface area contributed by atoms with E-state index in [2.05, 4.69) is 42.4 Å². The Balaban J connectivity index is 1.72. The number of rotatable bonds is 3. The topological polar surface area (TPSA) is 56.6 Å². The van der Waals surface area contributed by atoms with E-state index in [0.29, 0.717) is 36.9 Å². The van der Waals surface area contributed by atoms with Gasteiger partial charge >= 0.3 is 0 Å². The molecule has 0 radical (unpaired) electrons. The van der Waals surface area contributed by atoms with Gasteiger partial charge < -0.3 is 14.4 Å².